The zero-order valence-electron chi connectivity index (χ0n) is 12.2. The van der Waals surface area contributed by atoms with Crippen LogP contribution in [0.2, 0.25) is 0 Å². The Kier molecular flexibility index (Phi) is 2.95. The molecule has 0 bridgehead atoms. The van der Waals surface area contributed by atoms with Crippen molar-refractivity contribution in [3.05, 3.63) is 36.0 Å². The summed E-state index contributed by atoms with van der Waals surface area (Å²) < 4.78 is 0. The van der Waals surface area contributed by atoms with Crippen molar-refractivity contribution < 1.29 is 4.79 Å². The number of carbonyl (C=O) groups is 1. The molecule has 2 fully saturated rings. The number of para-hydroxylation sites is 1. The van der Waals surface area contributed by atoms with E-state index in [9.17, 15) is 10.1 Å². The van der Waals surface area contributed by atoms with Gasteiger partial charge in [0, 0.05) is 23.1 Å². The van der Waals surface area contributed by atoms with Crippen molar-refractivity contribution >= 4 is 16.8 Å². The van der Waals surface area contributed by atoms with E-state index >= 15 is 0 Å². The lowest BCUT2D eigenvalue weighted by molar-refractivity contribution is -0.133. The van der Waals surface area contributed by atoms with Crippen molar-refractivity contribution in [3.63, 3.8) is 0 Å². The quantitative estimate of drug-likeness (QED) is 0.900. The van der Waals surface area contributed by atoms with E-state index in [-0.39, 0.29) is 18.0 Å². The normalized spacial score (nSPS) is 27.5. The number of rotatable bonds is 3. The van der Waals surface area contributed by atoms with Crippen LogP contribution in [0.5, 0.6) is 0 Å². The van der Waals surface area contributed by atoms with E-state index in [1.54, 1.807) is 4.90 Å². The topological polar surface area (TPSA) is 85.9 Å². The van der Waals surface area contributed by atoms with E-state index in [1.165, 1.54) is 0 Å². The molecule has 5 nitrogen and oxygen atoms in total. The predicted octanol–water partition coefficient (Wildman–Crippen LogP) is 1.55. The van der Waals surface area contributed by atoms with E-state index in [0.717, 1.165) is 29.3 Å². The van der Waals surface area contributed by atoms with Gasteiger partial charge in [-0.25, -0.2) is 0 Å². The van der Waals surface area contributed by atoms with Gasteiger partial charge in [-0.1, -0.05) is 18.2 Å². The highest BCUT2D eigenvalue weighted by atomic mass is 16.2. The number of amides is 1. The van der Waals surface area contributed by atoms with E-state index in [4.69, 9.17) is 5.73 Å². The highest BCUT2D eigenvalue weighted by Crippen LogP contribution is 2.47. The first kappa shape index (κ1) is 13.4. The smallest absolute Gasteiger partial charge is 0.241 e. The molecule has 1 saturated carbocycles. The number of nitrogens with one attached hydrogen (secondary N) is 1. The van der Waals surface area contributed by atoms with Crippen LogP contribution < -0.4 is 5.73 Å². The van der Waals surface area contributed by atoms with Crippen molar-refractivity contribution in [2.45, 2.75) is 37.4 Å². The van der Waals surface area contributed by atoms with E-state index in [0.29, 0.717) is 12.3 Å². The van der Waals surface area contributed by atoms with Gasteiger partial charge in [0.2, 0.25) is 5.91 Å². The Morgan fingerprint density at radius 3 is 3.09 bits per heavy atom. The lowest BCUT2D eigenvalue weighted by Crippen LogP contribution is -2.48. The standard InChI is InChI=1S/C17H18N4O/c18-8-12-5-10-7-16(10)21(12)17(22)14(19)6-11-9-20-15-4-2-1-3-13(11)15/h1-4,9-10,12,14,16,20H,5-7,19H2/t10-,12?,14+,16+/m1/s1. The Hall–Kier alpha value is -2.32. The molecule has 1 aliphatic heterocycles. The molecule has 5 heteroatoms. The van der Waals surface area contributed by atoms with Gasteiger partial charge in [0.25, 0.3) is 0 Å². The first-order valence-electron chi connectivity index (χ1n) is 7.71. The fourth-order valence-corrected chi connectivity index (χ4v) is 3.71. The van der Waals surface area contributed by atoms with Gasteiger partial charge in [-0.05, 0) is 36.8 Å². The van der Waals surface area contributed by atoms with E-state index in [1.807, 2.05) is 30.5 Å². The van der Waals surface area contributed by atoms with Gasteiger partial charge in [0.1, 0.15) is 6.04 Å². The Bertz CT molecular complexity index is 774. The van der Waals surface area contributed by atoms with Crippen LogP contribution in [0, 0.1) is 17.2 Å². The average molecular weight is 294 g/mol. The number of hydrogen-bond donors (Lipinski definition) is 2. The molecular formula is C17H18N4O. The van der Waals surface area contributed by atoms with Crippen LogP contribution >= 0.6 is 0 Å². The first-order chi connectivity index (χ1) is 10.7. The molecule has 3 N–H and O–H groups in total. The highest BCUT2D eigenvalue weighted by molar-refractivity contribution is 5.87. The van der Waals surface area contributed by atoms with Crippen LogP contribution in [0.25, 0.3) is 10.9 Å². The van der Waals surface area contributed by atoms with Crippen LogP contribution in [0.1, 0.15) is 18.4 Å². The molecule has 1 aromatic heterocycles. The third-order valence-electron chi connectivity index (χ3n) is 4.94. The zero-order valence-corrected chi connectivity index (χ0v) is 12.2. The largest absolute Gasteiger partial charge is 0.361 e. The third kappa shape index (κ3) is 1.99. The summed E-state index contributed by atoms with van der Waals surface area (Å²) in [7, 11) is 0. The molecule has 22 heavy (non-hydrogen) atoms. The lowest BCUT2D eigenvalue weighted by atomic mass is 10.0. The molecule has 2 aromatic rings. The minimum Gasteiger partial charge on any atom is -0.361 e. The number of aromatic amines is 1. The van der Waals surface area contributed by atoms with Gasteiger partial charge in [-0.15, -0.1) is 0 Å². The molecule has 0 radical (unpaired) electrons. The number of likely N-dealkylation sites (tertiary alicyclic amines) is 1. The molecular weight excluding hydrogens is 276 g/mol. The number of benzene rings is 1. The number of piperidine rings is 1. The fraction of sp³-hybridized carbons (Fsp3) is 0.412. The molecule has 1 aromatic carbocycles. The third-order valence-corrected chi connectivity index (χ3v) is 4.94. The fourth-order valence-electron chi connectivity index (χ4n) is 3.71. The SMILES string of the molecule is N#CC1C[C@@H]2C[C@@H]2N1C(=O)[C@@H](N)Cc1c[nH]c2ccccc12. The maximum absolute atomic E-state index is 12.7. The monoisotopic (exact) mass is 294 g/mol. The Balaban J connectivity index is 1.53. The molecule has 2 heterocycles. The second-order valence-corrected chi connectivity index (χ2v) is 6.36. The summed E-state index contributed by atoms with van der Waals surface area (Å²) in [6.07, 6.45) is 4.26. The van der Waals surface area contributed by atoms with Crippen LogP contribution in [0.4, 0.5) is 0 Å². The summed E-state index contributed by atoms with van der Waals surface area (Å²) in [5.41, 5.74) is 8.27. The number of aromatic nitrogens is 1. The maximum atomic E-state index is 12.7. The minimum absolute atomic E-state index is 0.0816. The van der Waals surface area contributed by atoms with Gasteiger partial charge in [-0.2, -0.15) is 5.26 Å². The molecule has 2 aliphatic rings. The molecule has 4 rings (SSSR count). The first-order valence-corrected chi connectivity index (χ1v) is 7.71. The Morgan fingerprint density at radius 2 is 2.27 bits per heavy atom. The maximum Gasteiger partial charge on any atom is 0.241 e. The summed E-state index contributed by atoms with van der Waals surface area (Å²) >= 11 is 0. The molecule has 1 aliphatic carbocycles. The Labute approximate surface area is 128 Å². The number of fused-ring (bicyclic) bond motifs is 2. The number of nitrogens with two attached hydrogens (primary N) is 1. The van der Waals surface area contributed by atoms with Crippen molar-refractivity contribution in [1.29, 1.82) is 5.26 Å². The van der Waals surface area contributed by atoms with Gasteiger partial charge in [0.15, 0.2) is 0 Å². The van der Waals surface area contributed by atoms with Gasteiger partial charge < -0.3 is 15.6 Å². The molecule has 1 saturated heterocycles. The van der Waals surface area contributed by atoms with Crippen LogP contribution in [-0.2, 0) is 11.2 Å². The summed E-state index contributed by atoms with van der Waals surface area (Å²) in [6, 6.07) is 9.62. The summed E-state index contributed by atoms with van der Waals surface area (Å²) in [6.45, 7) is 0. The lowest BCUT2D eigenvalue weighted by Gasteiger charge is -2.25. The molecule has 4 atom stereocenters. The highest BCUT2D eigenvalue weighted by Gasteiger charge is 2.54. The van der Waals surface area contributed by atoms with E-state index in [2.05, 4.69) is 11.1 Å². The summed E-state index contributed by atoms with van der Waals surface area (Å²) in [4.78, 5) is 17.6. The van der Waals surface area contributed by atoms with Gasteiger partial charge >= 0.3 is 0 Å². The number of carbonyl (C=O) groups excluding carboxylic acids is 1. The van der Waals surface area contributed by atoms with Crippen LogP contribution in [0.3, 0.4) is 0 Å². The molecule has 0 spiro atoms. The summed E-state index contributed by atoms with van der Waals surface area (Å²) in [5.74, 6) is 0.440. The summed E-state index contributed by atoms with van der Waals surface area (Å²) in [5, 5.41) is 10.3. The van der Waals surface area contributed by atoms with Crippen molar-refractivity contribution in [1.82, 2.24) is 9.88 Å². The number of hydrogen-bond acceptors (Lipinski definition) is 3. The van der Waals surface area contributed by atoms with Crippen molar-refractivity contribution in [2.24, 2.45) is 11.7 Å². The van der Waals surface area contributed by atoms with Gasteiger partial charge in [0.05, 0.1) is 12.1 Å². The minimum atomic E-state index is -0.589. The zero-order chi connectivity index (χ0) is 15.3. The second kappa shape index (κ2) is 4.85. The van der Waals surface area contributed by atoms with Crippen LogP contribution in [0.15, 0.2) is 30.5 Å². The van der Waals surface area contributed by atoms with Crippen LogP contribution in [-0.4, -0.2) is 33.9 Å². The van der Waals surface area contributed by atoms with Gasteiger partial charge in [-0.3, -0.25) is 4.79 Å². The van der Waals surface area contributed by atoms with E-state index < -0.39 is 6.04 Å². The molecule has 112 valence electrons. The second-order valence-electron chi connectivity index (χ2n) is 6.36. The average Bonchev–Trinajstić information content (AvgIpc) is 3.03. The number of H-pyrrole nitrogens is 1. The predicted molar refractivity (Wildman–Crippen MR) is 82.7 cm³/mol. The van der Waals surface area contributed by atoms with Crippen molar-refractivity contribution in [2.75, 3.05) is 0 Å². The molecule has 1 unspecified atom stereocenters. The molecule has 1 amide bonds. The number of nitriles is 1. The number of nitrogens with zero attached hydrogens (tertiary/aromatic N) is 2. The Morgan fingerprint density at radius 1 is 1.45 bits per heavy atom. The van der Waals surface area contributed by atoms with Crippen molar-refractivity contribution in [3.8, 4) is 6.07 Å².